The molecule has 0 spiro atoms. The molecule has 0 aliphatic heterocycles. The van der Waals surface area contributed by atoms with E-state index in [1.807, 2.05) is 6.92 Å². The third kappa shape index (κ3) is 2.41. The Bertz CT molecular complexity index is 229. The smallest absolute Gasteiger partial charge is 0.146 e. The van der Waals surface area contributed by atoms with Crippen LogP contribution in [0.1, 0.15) is 48.5 Å². The molecule has 0 rings (SSSR count). The largest absolute Gasteiger partial charge is 0.300 e. The van der Waals surface area contributed by atoms with Gasteiger partial charge in [0.15, 0.2) is 0 Å². The summed E-state index contributed by atoms with van der Waals surface area (Å²) in [4.78, 5) is 12.5. The minimum atomic E-state index is -1.93. The Morgan fingerprint density at radius 3 is 1.27 bits per heavy atom. The molecule has 0 aromatic rings. The molecule has 88 valence electrons. The number of rotatable bonds is 5. The van der Waals surface area contributed by atoms with Crippen LogP contribution >= 0.6 is 0 Å². The second-order valence-corrected chi connectivity index (χ2v) is 11.3. The third-order valence-corrected chi connectivity index (χ3v) is 10.6. The van der Waals surface area contributed by atoms with E-state index in [-0.39, 0.29) is 0 Å². The van der Waals surface area contributed by atoms with Crippen LogP contribution < -0.4 is 0 Å². The normalized spacial score (nSPS) is 12.7. The summed E-state index contributed by atoms with van der Waals surface area (Å²) < 4.78 is 0. The maximum absolute atomic E-state index is 12.5. The summed E-state index contributed by atoms with van der Waals surface area (Å²) in [5, 5.41) is 0.377. The van der Waals surface area contributed by atoms with Crippen molar-refractivity contribution in [3.8, 4) is 0 Å². The third-order valence-electron chi connectivity index (χ3n) is 3.65. The standard InChI is InChI=1S/C13H26OSi/c1-9(2)13(14)15(10(3)4,11(5)6)12(7)8/h10-12H,1H2,2-8H3. The van der Waals surface area contributed by atoms with Gasteiger partial charge in [-0.15, -0.1) is 0 Å². The number of allylic oxidation sites excluding steroid dienone is 1. The lowest BCUT2D eigenvalue weighted by atomic mass is 10.4. The van der Waals surface area contributed by atoms with Crippen LogP contribution in [0.3, 0.4) is 0 Å². The van der Waals surface area contributed by atoms with Gasteiger partial charge in [-0.05, 0) is 29.1 Å². The second kappa shape index (κ2) is 5.11. The Kier molecular flexibility index (Phi) is 4.98. The highest BCUT2D eigenvalue weighted by Gasteiger charge is 2.49. The van der Waals surface area contributed by atoms with Crippen molar-refractivity contribution in [1.82, 2.24) is 0 Å². The number of carbonyl (C=O) groups is 1. The minimum absolute atomic E-state index is 0.377. The van der Waals surface area contributed by atoms with Gasteiger partial charge in [-0.2, -0.15) is 0 Å². The van der Waals surface area contributed by atoms with Gasteiger partial charge in [0.25, 0.3) is 0 Å². The van der Waals surface area contributed by atoms with Gasteiger partial charge < -0.3 is 4.79 Å². The highest BCUT2D eigenvalue weighted by molar-refractivity contribution is 7.10. The highest BCUT2D eigenvalue weighted by atomic mass is 28.3. The molecule has 0 amide bonds. The molecule has 0 aromatic heterocycles. The van der Waals surface area contributed by atoms with Crippen LogP contribution in [0.2, 0.25) is 16.6 Å². The van der Waals surface area contributed by atoms with Crippen LogP contribution in [0.4, 0.5) is 0 Å². The molecule has 2 heteroatoms. The summed E-state index contributed by atoms with van der Waals surface area (Å²) >= 11 is 0. The molecule has 0 radical (unpaired) electrons. The van der Waals surface area contributed by atoms with Gasteiger partial charge in [-0.1, -0.05) is 48.1 Å². The highest BCUT2D eigenvalue weighted by Crippen LogP contribution is 2.43. The minimum Gasteiger partial charge on any atom is -0.300 e. The van der Waals surface area contributed by atoms with Gasteiger partial charge in [-0.25, -0.2) is 0 Å². The summed E-state index contributed by atoms with van der Waals surface area (Å²) in [5.41, 5.74) is 2.21. The zero-order valence-electron chi connectivity index (χ0n) is 11.3. The van der Waals surface area contributed by atoms with Crippen molar-refractivity contribution in [1.29, 1.82) is 0 Å². The Labute approximate surface area is 96.0 Å². The average Bonchev–Trinajstić information content (AvgIpc) is 2.02. The zero-order chi connectivity index (χ0) is 12.4. The molecule has 0 aliphatic carbocycles. The summed E-state index contributed by atoms with van der Waals surface area (Å²) in [6.45, 7) is 18.9. The van der Waals surface area contributed by atoms with Crippen molar-refractivity contribution in [3.63, 3.8) is 0 Å². The van der Waals surface area contributed by atoms with Crippen molar-refractivity contribution in [2.75, 3.05) is 0 Å². The van der Waals surface area contributed by atoms with E-state index in [0.717, 1.165) is 5.57 Å². The van der Waals surface area contributed by atoms with Crippen molar-refractivity contribution in [2.45, 2.75) is 65.1 Å². The van der Waals surface area contributed by atoms with Crippen LogP contribution in [-0.4, -0.2) is 13.5 Å². The SMILES string of the molecule is C=C(C)C(=O)[Si](C(C)C)(C(C)C)C(C)C. The summed E-state index contributed by atoms with van der Waals surface area (Å²) in [6, 6.07) is 0. The first-order valence-electron chi connectivity index (χ1n) is 5.89. The molecule has 0 unspecified atom stereocenters. The van der Waals surface area contributed by atoms with E-state index in [1.54, 1.807) is 0 Å². The van der Waals surface area contributed by atoms with E-state index in [0.29, 0.717) is 22.0 Å². The Morgan fingerprint density at radius 2 is 1.20 bits per heavy atom. The maximum atomic E-state index is 12.5. The maximum Gasteiger partial charge on any atom is 0.146 e. The monoisotopic (exact) mass is 226 g/mol. The summed E-state index contributed by atoms with van der Waals surface area (Å²) in [6.07, 6.45) is 0. The molecular formula is C13H26OSi. The van der Waals surface area contributed by atoms with E-state index < -0.39 is 8.07 Å². The molecule has 15 heavy (non-hydrogen) atoms. The topological polar surface area (TPSA) is 17.1 Å². The first-order valence-corrected chi connectivity index (χ1v) is 8.12. The Morgan fingerprint density at radius 1 is 0.933 bits per heavy atom. The van der Waals surface area contributed by atoms with E-state index in [4.69, 9.17) is 0 Å². The molecule has 0 atom stereocenters. The molecule has 0 saturated heterocycles. The van der Waals surface area contributed by atoms with E-state index in [1.165, 1.54) is 0 Å². The zero-order valence-corrected chi connectivity index (χ0v) is 12.3. The molecule has 1 nitrogen and oxygen atoms in total. The fraction of sp³-hybridized carbons (Fsp3) is 0.769. The van der Waals surface area contributed by atoms with Crippen molar-refractivity contribution >= 4 is 13.5 Å². The number of hydrogen-bond acceptors (Lipinski definition) is 1. The fourth-order valence-electron chi connectivity index (χ4n) is 3.16. The molecule has 0 bridgehead atoms. The van der Waals surface area contributed by atoms with Gasteiger partial charge in [0.1, 0.15) is 13.5 Å². The first kappa shape index (κ1) is 14.6. The summed E-state index contributed by atoms with van der Waals surface area (Å²) in [5.74, 6) is 0. The second-order valence-electron chi connectivity index (χ2n) is 5.51. The van der Waals surface area contributed by atoms with Crippen molar-refractivity contribution in [2.24, 2.45) is 0 Å². The van der Waals surface area contributed by atoms with Gasteiger partial charge in [0, 0.05) is 0 Å². The van der Waals surface area contributed by atoms with Crippen LogP contribution in [-0.2, 0) is 4.79 Å². The number of carbonyl (C=O) groups excluding carboxylic acids is 1. The van der Waals surface area contributed by atoms with Crippen LogP contribution in [0.5, 0.6) is 0 Å². The van der Waals surface area contributed by atoms with Crippen molar-refractivity contribution in [3.05, 3.63) is 12.2 Å². The number of hydrogen-bond donors (Lipinski definition) is 0. The van der Waals surface area contributed by atoms with Crippen LogP contribution in [0.15, 0.2) is 12.2 Å². The fourth-order valence-corrected chi connectivity index (χ4v) is 9.47. The predicted molar refractivity (Wildman–Crippen MR) is 70.9 cm³/mol. The predicted octanol–water partition coefficient (Wildman–Crippen LogP) is 4.35. The first-order chi connectivity index (χ1) is 6.68. The average molecular weight is 226 g/mol. The molecule has 0 aromatic carbocycles. The van der Waals surface area contributed by atoms with Gasteiger partial charge in [0.05, 0.1) is 0 Å². The van der Waals surface area contributed by atoms with Crippen molar-refractivity contribution < 1.29 is 4.79 Å². The molecule has 0 N–H and O–H groups in total. The van der Waals surface area contributed by atoms with E-state index >= 15 is 0 Å². The van der Waals surface area contributed by atoms with Gasteiger partial charge >= 0.3 is 0 Å². The molecular weight excluding hydrogens is 200 g/mol. The van der Waals surface area contributed by atoms with E-state index in [2.05, 4.69) is 48.1 Å². The lowest BCUT2D eigenvalue weighted by Gasteiger charge is -2.41. The lowest BCUT2D eigenvalue weighted by Crippen LogP contribution is -2.52. The molecule has 0 fully saturated rings. The summed E-state index contributed by atoms with van der Waals surface area (Å²) in [7, 11) is -1.93. The Hall–Kier alpha value is -0.373. The molecule has 0 saturated carbocycles. The Balaban J connectivity index is 5.53. The molecule has 0 heterocycles. The lowest BCUT2D eigenvalue weighted by molar-refractivity contribution is -0.109. The van der Waals surface area contributed by atoms with Gasteiger partial charge in [-0.3, -0.25) is 0 Å². The quantitative estimate of drug-likeness (QED) is 0.503. The molecule has 0 aliphatic rings. The van der Waals surface area contributed by atoms with E-state index in [9.17, 15) is 4.79 Å². The van der Waals surface area contributed by atoms with Gasteiger partial charge in [0.2, 0.25) is 0 Å². The van der Waals surface area contributed by atoms with Crippen LogP contribution in [0, 0.1) is 0 Å². The van der Waals surface area contributed by atoms with Crippen LogP contribution in [0.25, 0.3) is 0 Å².